The zero-order valence-corrected chi connectivity index (χ0v) is 14.9. The molecule has 0 aromatic heterocycles. The molecule has 0 unspecified atom stereocenters. The Bertz CT molecular complexity index is 327. The van der Waals surface area contributed by atoms with Gasteiger partial charge in [-0.2, -0.15) is 0 Å². The minimum Gasteiger partial charge on any atom is -0.147 e. The maximum atomic E-state index is 5.41. The van der Waals surface area contributed by atoms with Crippen molar-refractivity contribution in [3.05, 3.63) is 22.3 Å². The van der Waals surface area contributed by atoms with Crippen molar-refractivity contribution in [3.8, 4) is 5.75 Å². The van der Waals surface area contributed by atoms with Crippen LogP contribution >= 0.6 is 24.8 Å². The second-order valence-electron chi connectivity index (χ2n) is 3.56. The topological polar surface area (TPSA) is 9.23 Å². The number of rotatable bonds is 1. The van der Waals surface area contributed by atoms with E-state index in [4.69, 9.17) is 3.32 Å². The number of halogens is 2. The second-order valence-corrected chi connectivity index (χ2v) is 4.87. The molecule has 85 valence electrons. The molecule has 0 N–H and O–H groups in total. The maximum Gasteiger partial charge on any atom is -0.147 e. The van der Waals surface area contributed by atoms with Crippen molar-refractivity contribution in [2.45, 2.75) is 27.7 Å². The summed E-state index contributed by atoms with van der Waals surface area (Å²) in [7, 11) is 1.10. The zero-order chi connectivity index (χ0) is 10.2. The van der Waals surface area contributed by atoms with Crippen LogP contribution in [-0.2, 0) is 20.8 Å². The molecule has 0 amide bonds. The molecular formula is C10H17Cl2OSiTi. The summed E-state index contributed by atoms with van der Waals surface area (Å²) >= 11 is 1.76. The van der Waals surface area contributed by atoms with E-state index in [0.29, 0.717) is 0 Å². The van der Waals surface area contributed by atoms with E-state index in [2.05, 4.69) is 27.7 Å². The molecule has 1 aromatic rings. The van der Waals surface area contributed by atoms with Gasteiger partial charge in [0.15, 0.2) is 0 Å². The summed E-state index contributed by atoms with van der Waals surface area (Å²) in [6.07, 6.45) is 0. The van der Waals surface area contributed by atoms with Gasteiger partial charge in [-0.05, 0) is 0 Å². The van der Waals surface area contributed by atoms with Crippen LogP contribution in [0.5, 0.6) is 5.75 Å². The number of hydrogen-bond acceptors (Lipinski definition) is 1. The van der Waals surface area contributed by atoms with Gasteiger partial charge in [-0.25, -0.2) is 0 Å². The quantitative estimate of drug-likeness (QED) is 0.716. The van der Waals surface area contributed by atoms with Crippen molar-refractivity contribution in [2.75, 3.05) is 0 Å². The van der Waals surface area contributed by atoms with Crippen LogP contribution < -0.4 is 8.51 Å². The van der Waals surface area contributed by atoms with E-state index in [-0.39, 0.29) is 24.8 Å². The third kappa shape index (κ3) is 3.24. The minimum atomic E-state index is 0. The van der Waals surface area contributed by atoms with Crippen LogP contribution in [0, 0.1) is 27.7 Å². The van der Waals surface area contributed by atoms with Crippen LogP contribution in [0.4, 0.5) is 0 Å². The van der Waals surface area contributed by atoms with Crippen molar-refractivity contribution >= 4 is 40.2 Å². The zero-order valence-electron chi connectivity index (χ0n) is 9.72. The summed E-state index contributed by atoms with van der Waals surface area (Å²) in [6.45, 7) is 8.67. The summed E-state index contributed by atoms with van der Waals surface area (Å²) in [4.78, 5) is 0. The summed E-state index contributed by atoms with van der Waals surface area (Å²) in [5, 5.41) is 1.49. The number of benzene rings is 1. The molecule has 15 heavy (non-hydrogen) atoms. The van der Waals surface area contributed by atoms with Crippen LogP contribution in [0.3, 0.4) is 0 Å². The number of hydrogen-bond donors (Lipinski definition) is 0. The Morgan fingerprint density at radius 2 is 1.33 bits per heavy atom. The average Bonchev–Trinajstić information content (AvgIpc) is 2.13. The predicted octanol–water partition coefficient (Wildman–Crippen LogP) is 1.60. The molecule has 1 aromatic carbocycles. The maximum absolute atomic E-state index is 5.41. The van der Waals surface area contributed by atoms with Gasteiger partial charge < -0.3 is 0 Å². The average molecular weight is 300 g/mol. The van der Waals surface area contributed by atoms with Gasteiger partial charge in [0.05, 0.1) is 0 Å². The molecule has 0 atom stereocenters. The van der Waals surface area contributed by atoms with Gasteiger partial charge in [-0.3, -0.25) is 0 Å². The molecule has 0 fully saturated rings. The summed E-state index contributed by atoms with van der Waals surface area (Å²) < 4.78 is 5.41. The van der Waals surface area contributed by atoms with Crippen LogP contribution in [0.15, 0.2) is 0 Å². The molecule has 0 spiro atoms. The first-order valence-corrected chi connectivity index (χ1v) is 6.05. The Kier molecular flexibility index (Phi) is 8.33. The minimum absolute atomic E-state index is 0. The molecule has 0 saturated carbocycles. The van der Waals surface area contributed by atoms with E-state index in [1.807, 2.05) is 0 Å². The van der Waals surface area contributed by atoms with Gasteiger partial charge in [0, 0.05) is 0 Å². The van der Waals surface area contributed by atoms with Crippen LogP contribution in [0.1, 0.15) is 22.3 Å². The fourth-order valence-electron chi connectivity index (χ4n) is 1.62. The van der Waals surface area contributed by atoms with Crippen LogP contribution in [0.25, 0.3) is 0 Å². The van der Waals surface area contributed by atoms with Gasteiger partial charge >= 0.3 is 95.3 Å². The smallest absolute Gasteiger partial charge is 0.147 e. The fraction of sp³-hybridized carbons (Fsp3) is 0.400. The van der Waals surface area contributed by atoms with Crippen molar-refractivity contribution in [1.82, 2.24) is 0 Å². The summed E-state index contributed by atoms with van der Waals surface area (Å²) in [6, 6.07) is 0. The Morgan fingerprint density at radius 3 is 1.73 bits per heavy atom. The molecule has 0 saturated heterocycles. The van der Waals surface area contributed by atoms with Crippen molar-refractivity contribution in [2.24, 2.45) is 0 Å². The van der Waals surface area contributed by atoms with Crippen molar-refractivity contribution < 1.29 is 24.1 Å². The standard InChI is InChI=1S/C10H16OSi.2ClH.Ti/c1-5-6(2)9(11)8(4)10(12)7(5)3;;;/h11H,1-4,12H3;2*1H;/q;;;+1/p-1. The first-order chi connectivity index (χ1) is 6.00. The van der Waals surface area contributed by atoms with E-state index in [1.54, 1.807) is 20.8 Å². The van der Waals surface area contributed by atoms with E-state index in [9.17, 15) is 0 Å². The van der Waals surface area contributed by atoms with Crippen LogP contribution in [-0.4, -0.2) is 10.2 Å². The predicted molar refractivity (Wildman–Crippen MR) is 70.1 cm³/mol. The first kappa shape index (κ1) is 17.9. The van der Waals surface area contributed by atoms with E-state index in [0.717, 1.165) is 16.0 Å². The molecule has 0 aliphatic heterocycles. The van der Waals surface area contributed by atoms with Gasteiger partial charge in [-0.15, -0.1) is 24.8 Å². The SMILES string of the molecule is Cc1c(C)c([SiH3])c(C)c([O][Ti])c1C.Cl.Cl. The van der Waals surface area contributed by atoms with Crippen LogP contribution in [0.2, 0.25) is 0 Å². The fourth-order valence-corrected chi connectivity index (χ4v) is 2.70. The second kappa shape index (κ2) is 6.97. The summed E-state index contributed by atoms with van der Waals surface area (Å²) in [5.74, 6) is 1.08. The molecule has 0 radical (unpaired) electrons. The van der Waals surface area contributed by atoms with Gasteiger partial charge in [0.2, 0.25) is 0 Å². The molecule has 0 heterocycles. The van der Waals surface area contributed by atoms with Gasteiger partial charge in [0.1, 0.15) is 0 Å². The van der Waals surface area contributed by atoms with E-state index < -0.39 is 0 Å². The Balaban J connectivity index is 0. The monoisotopic (exact) mass is 299 g/mol. The molecule has 0 aliphatic carbocycles. The third-order valence-electron chi connectivity index (χ3n) is 3.03. The molecule has 0 aliphatic rings. The van der Waals surface area contributed by atoms with Crippen molar-refractivity contribution in [3.63, 3.8) is 0 Å². The largest absolute Gasteiger partial charge is 0.147 e. The molecule has 0 bridgehead atoms. The third-order valence-corrected chi connectivity index (χ3v) is 4.85. The Labute approximate surface area is 119 Å². The molecular weight excluding hydrogens is 283 g/mol. The molecule has 1 nitrogen and oxygen atoms in total. The van der Waals surface area contributed by atoms with Gasteiger partial charge in [-0.1, -0.05) is 0 Å². The first-order valence-electron chi connectivity index (χ1n) is 4.41. The molecule has 1 rings (SSSR count). The van der Waals surface area contributed by atoms with Crippen molar-refractivity contribution in [1.29, 1.82) is 0 Å². The van der Waals surface area contributed by atoms with E-state index >= 15 is 0 Å². The summed E-state index contributed by atoms with van der Waals surface area (Å²) in [5.41, 5.74) is 5.45. The Hall–Kier alpha value is 0.531. The normalized spacial score (nSPS) is 9.00. The van der Waals surface area contributed by atoms with E-state index in [1.165, 1.54) is 27.4 Å². The molecule has 5 heteroatoms. The van der Waals surface area contributed by atoms with Gasteiger partial charge in [0.25, 0.3) is 0 Å². The Morgan fingerprint density at radius 1 is 0.867 bits per heavy atom.